The summed E-state index contributed by atoms with van der Waals surface area (Å²) in [5, 5.41) is 11.3. The molecule has 2 N–H and O–H groups in total. The highest BCUT2D eigenvalue weighted by molar-refractivity contribution is 5.80. The van der Waals surface area contributed by atoms with Gasteiger partial charge in [0.25, 0.3) is 0 Å². The first-order valence-corrected chi connectivity index (χ1v) is 9.87. The average molecular weight is 399 g/mol. The molecule has 0 unspecified atom stereocenters. The van der Waals surface area contributed by atoms with Crippen molar-refractivity contribution in [3.8, 4) is 11.5 Å². The van der Waals surface area contributed by atoms with E-state index in [4.69, 9.17) is 14.6 Å². The number of rotatable bonds is 12. The van der Waals surface area contributed by atoms with E-state index in [1.165, 1.54) is 5.56 Å². The second-order valence-corrected chi connectivity index (χ2v) is 7.06. The lowest BCUT2D eigenvalue weighted by Crippen LogP contribution is -2.26. The van der Waals surface area contributed by atoms with Gasteiger partial charge < -0.3 is 19.9 Å². The molecule has 156 valence electrons. The maximum absolute atomic E-state index is 11.5. The average Bonchev–Trinajstić information content (AvgIpc) is 2.70. The van der Waals surface area contributed by atoms with E-state index in [1.807, 2.05) is 36.4 Å². The molecule has 6 nitrogen and oxygen atoms in total. The van der Waals surface area contributed by atoms with Crippen LogP contribution in [0.2, 0.25) is 0 Å². The molecule has 0 saturated heterocycles. The molecule has 0 spiro atoms. The molecule has 0 aliphatic carbocycles. The standard InChI is InChI=1S/C23H29NO5/c1-17(2)19-6-8-20(9-7-19)28-14-15-29-21-5-3-4-18(16-21)12-13-24-22(25)10-11-23(26)27/h3-9,16-17H,10-15H2,1-2H3,(H,24,25)(H,26,27). The second kappa shape index (κ2) is 11.7. The van der Waals surface area contributed by atoms with Crippen molar-refractivity contribution in [1.29, 1.82) is 0 Å². The lowest BCUT2D eigenvalue weighted by Gasteiger charge is -2.11. The predicted molar refractivity (Wildman–Crippen MR) is 112 cm³/mol. The second-order valence-electron chi connectivity index (χ2n) is 7.06. The Balaban J connectivity index is 1.68. The summed E-state index contributed by atoms with van der Waals surface area (Å²) >= 11 is 0. The Morgan fingerprint density at radius 3 is 2.31 bits per heavy atom. The topological polar surface area (TPSA) is 84.9 Å². The van der Waals surface area contributed by atoms with Crippen LogP contribution in [-0.2, 0) is 16.0 Å². The van der Waals surface area contributed by atoms with Crippen LogP contribution in [0.25, 0.3) is 0 Å². The van der Waals surface area contributed by atoms with Gasteiger partial charge in [-0.2, -0.15) is 0 Å². The van der Waals surface area contributed by atoms with Crippen molar-refractivity contribution in [2.24, 2.45) is 0 Å². The zero-order chi connectivity index (χ0) is 21.1. The third-order valence-corrected chi connectivity index (χ3v) is 4.37. The van der Waals surface area contributed by atoms with Crippen LogP contribution in [0.5, 0.6) is 11.5 Å². The number of nitrogens with one attached hydrogen (secondary N) is 1. The summed E-state index contributed by atoms with van der Waals surface area (Å²) in [6.07, 6.45) is 0.493. The maximum atomic E-state index is 11.5. The highest BCUT2D eigenvalue weighted by atomic mass is 16.5. The van der Waals surface area contributed by atoms with Gasteiger partial charge >= 0.3 is 5.97 Å². The number of amides is 1. The van der Waals surface area contributed by atoms with Gasteiger partial charge in [-0.1, -0.05) is 38.1 Å². The first-order chi connectivity index (χ1) is 13.9. The van der Waals surface area contributed by atoms with Crippen LogP contribution >= 0.6 is 0 Å². The molecule has 29 heavy (non-hydrogen) atoms. The molecule has 2 aromatic rings. The molecule has 2 aromatic carbocycles. The molecule has 0 aromatic heterocycles. The first-order valence-electron chi connectivity index (χ1n) is 9.87. The Morgan fingerprint density at radius 1 is 0.966 bits per heavy atom. The quantitative estimate of drug-likeness (QED) is 0.531. The van der Waals surface area contributed by atoms with E-state index >= 15 is 0 Å². The minimum atomic E-state index is -0.971. The number of ether oxygens (including phenoxy) is 2. The molecule has 0 atom stereocenters. The van der Waals surface area contributed by atoms with Gasteiger partial charge in [-0.3, -0.25) is 9.59 Å². The number of carbonyl (C=O) groups is 2. The Morgan fingerprint density at radius 2 is 1.66 bits per heavy atom. The molecule has 1 amide bonds. The van der Waals surface area contributed by atoms with Crippen molar-refractivity contribution in [3.05, 3.63) is 59.7 Å². The third-order valence-electron chi connectivity index (χ3n) is 4.37. The van der Waals surface area contributed by atoms with Crippen LogP contribution in [0.4, 0.5) is 0 Å². The van der Waals surface area contributed by atoms with Crippen LogP contribution in [-0.4, -0.2) is 36.7 Å². The minimum absolute atomic E-state index is 0.00131. The summed E-state index contributed by atoms with van der Waals surface area (Å²) in [6.45, 7) is 5.65. The highest BCUT2D eigenvalue weighted by Gasteiger charge is 2.05. The van der Waals surface area contributed by atoms with Gasteiger partial charge in [0, 0.05) is 13.0 Å². The van der Waals surface area contributed by atoms with E-state index in [1.54, 1.807) is 0 Å². The fourth-order valence-corrected chi connectivity index (χ4v) is 2.71. The summed E-state index contributed by atoms with van der Waals surface area (Å²) in [4.78, 5) is 22.0. The van der Waals surface area contributed by atoms with E-state index < -0.39 is 5.97 Å². The Bertz CT molecular complexity index is 786. The monoisotopic (exact) mass is 399 g/mol. The van der Waals surface area contributed by atoms with E-state index in [0.717, 1.165) is 17.1 Å². The fourth-order valence-electron chi connectivity index (χ4n) is 2.71. The molecule has 0 aliphatic heterocycles. The van der Waals surface area contributed by atoms with Crippen LogP contribution in [0.3, 0.4) is 0 Å². The van der Waals surface area contributed by atoms with Crippen molar-refractivity contribution in [2.75, 3.05) is 19.8 Å². The van der Waals surface area contributed by atoms with E-state index in [0.29, 0.717) is 32.1 Å². The molecule has 0 saturated carbocycles. The Kier molecular flexibility index (Phi) is 9.02. The number of benzene rings is 2. The molecule has 0 heterocycles. The number of carboxylic acid groups (broad SMARTS) is 1. The van der Waals surface area contributed by atoms with E-state index in [9.17, 15) is 9.59 Å². The van der Waals surface area contributed by atoms with Crippen LogP contribution in [0.1, 0.15) is 43.7 Å². The summed E-state index contributed by atoms with van der Waals surface area (Å²) in [5.41, 5.74) is 2.31. The highest BCUT2D eigenvalue weighted by Crippen LogP contribution is 2.19. The number of hydrogen-bond donors (Lipinski definition) is 2. The van der Waals surface area contributed by atoms with Crippen LogP contribution < -0.4 is 14.8 Å². The summed E-state index contributed by atoms with van der Waals surface area (Å²) < 4.78 is 11.5. The summed E-state index contributed by atoms with van der Waals surface area (Å²) in [7, 11) is 0. The maximum Gasteiger partial charge on any atom is 0.303 e. The number of carbonyl (C=O) groups excluding carboxylic acids is 1. The van der Waals surface area contributed by atoms with Crippen molar-refractivity contribution in [3.63, 3.8) is 0 Å². The van der Waals surface area contributed by atoms with Gasteiger partial charge in [0.1, 0.15) is 24.7 Å². The molecular weight excluding hydrogens is 370 g/mol. The molecule has 0 bridgehead atoms. The minimum Gasteiger partial charge on any atom is -0.490 e. The lowest BCUT2D eigenvalue weighted by molar-refractivity contribution is -0.138. The molecule has 0 aliphatic rings. The summed E-state index contributed by atoms with van der Waals surface area (Å²) in [6, 6.07) is 15.8. The Labute approximate surface area is 171 Å². The first kappa shape index (κ1) is 22.3. The largest absolute Gasteiger partial charge is 0.490 e. The van der Waals surface area contributed by atoms with Crippen molar-refractivity contribution in [1.82, 2.24) is 5.32 Å². The molecule has 0 fully saturated rings. The van der Waals surface area contributed by atoms with Gasteiger partial charge in [0.05, 0.1) is 6.42 Å². The van der Waals surface area contributed by atoms with E-state index in [-0.39, 0.29) is 18.7 Å². The van der Waals surface area contributed by atoms with Gasteiger partial charge in [0.15, 0.2) is 0 Å². The van der Waals surface area contributed by atoms with Gasteiger partial charge in [-0.15, -0.1) is 0 Å². The molecular formula is C23H29NO5. The normalized spacial score (nSPS) is 10.6. The lowest BCUT2D eigenvalue weighted by atomic mass is 10.0. The number of aliphatic carboxylic acids is 1. The zero-order valence-corrected chi connectivity index (χ0v) is 17.0. The van der Waals surface area contributed by atoms with Gasteiger partial charge in [0.2, 0.25) is 5.91 Å². The van der Waals surface area contributed by atoms with E-state index in [2.05, 4.69) is 31.3 Å². The van der Waals surface area contributed by atoms with Crippen molar-refractivity contribution < 1.29 is 24.2 Å². The van der Waals surface area contributed by atoms with Gasteiger partial charge in [-0.05, 0) is 47.7 Å². The fraction of sp³-hybridized carbons (Fsp3) is 0.391. The third kappa shape index (κ3) is 8.68. The summed E-state index contributed by atoms with van der Waals surface area (Å²) in [5.74, 6) is 0.849. The van der Waals surface area contributed by atoms with Crippen LogP contribution in [0.15, 0.2) is 48.5 Å². The van der Waals surface area contributed by atoms with Gasteiger partial charge in [-0.25, -0.2) is 0 Å². The van der Waals surface area contributed by atoms with Crippen molar-refractivity contribution in [2.45, 2.75) is 39.0 Å². The Hall–Kier alpha value is -3.02. The predicted octanol–water partition coefficient (Wildman–Crippen LogP) is 3.79. The van der Waals surface area contributed by atoms with Crippen LogP contribution in [0, 0.1) is 0 Å². The molecule has 0 radical (unpaired) electrons. The number of carboxylic acids is 1. The number of hydrogen-bond acceptors (Lipinski definition) is 4. The zero-order valence-electron chi connectivity index (χ0n) is 17.0. The molecule has 2 rings (SSSR count). The van der Waals surface area contributed by atoms with Crippen molar-refractivity contribution >= 4 is 11.9 Å². The SMILES string of the molecule is CC(C)c1ccc(OCCOc2cccc(CCNC(=O)CCC(=O)O)c2)cc1. The molecule has 6 heteroatoms. The smallest absolute Gasteiger partial charge is 0.303 e.